The largest absolute Gasteiger partial charge is 0.405 e. The number of hydrogen-bond acceptors (Lipinski definition) is 3. The predicted octanol–water partition coefficient (Wildman–Crippen LogP) is 2.46. The zero-order chi connectivity index (χ0) is 13.1. The monoisotopic (exact) mass is 249 g/mol. The molecule has 0 aromatic rings. The first-order valence-corrected chi connectivity index (χ1v) is 5.84. The van der Waals surface area contributed by atoms with Crippen LogP contribution < -0.4 is 5.43 Å². The van der Waals surface area contributed by atoms with Crippen LogP contribution in [0.2, 0.25) is 0 Å². The quantitative estimate of drug-likeness (QED) is 0.835. The molecule has 0 saturated carbocycles. The smallest absolute Gasteiger partial charge is 0.253 e. The van der Waals surface area contributed by atoms with Crippen molar-refractivity contribution in [2.24, 2.45) is 5.92 Å². The number of nitrogens with zero attached hydrogens (tertiary/aromatic N) is 2. The molecule has 1 rings (SSSR count). The number of piperidine rings is 1. The second-order valence-electron chi connectivity index (χ2n) is 4.62. The van der Waals surface area contributed by atoms with Gasteiger partial charge in [-0.05, 0) is 26.7 Å². The summed E-state index contributed by atoms with van der Waals surface area (Å²) in [4.78, 5) is 0. The second kappa shape index (κ2) is 5.69. The molecule has 0 aromatic carbocycles. The van der Waals surface area contributed by atoms with Crippen LogP contribution in [0, 0.1) is 17.2 Å². The Morgan fingerprint density at radius 3 is 2.29 bits per heavy atom. The van der Waals surface area contributed by atoms with Crippen molar-refractivity contribution in [3.63, 3.8) is 0 Å². The van der Waals surface area contributed by atoms with Crippen molar-refractivity contribution in [2.75, 3.05) is 6.54 Å². The summed E-state index contributed by atoms with van der Waals surface area (Å²) in [5.41, 5.74) is 2.77. The fourth-order valence-electron chi connectivity index (χ4n) is 2.16. The van der Waals surface area contributed by atoms with Crippen LogP contribution in [-0.4, -0.2) is 29.8 Å². The third-order valence-corrected chi connectivity index (χ3v) is 3.22. The lowest BCUT2D eigenvalue weighted by molar-refractivity contribution is -0.161. The first kappa shape index (κ1) is 14.3. The zero-order valence-corrected chi connectivity index (χ0v) is 10.1. The molecule has 0 aromatic heterocycles. The van der Waals surface area contributed by atoms with Crippen molar-refractivity contribution in [3.8, 4) is 6.07 Å². The molecule has 0 aliphatic carbocycles. The average molecular weight is 249 g/mol. The maximum Gasteiger partial charge on any atom is 0.405 e. The topological polar surface area (TPSA) is 39.1 Å². The standard InChI is InChI=1S/C11H18F3N3/c1-8-4-3-5-9(2)17(8)16-7-10(6-15)11(12,13)14/h8-10,16H,3-5,7H2,1-2H3. The van der Waals surface area contributed by atoms with Gasteiger partial charge in [-0.15, -0.1) is 0 Å². The Balaban J connectivity index is 2.51. The Hall–Kier alpha value is -0.800. The molecular formula is C11H18F3N3. The fourth-order valence-corrected chi connectivity index (χ4v) is 2.16. The van der Waals surface area contributed by atoms with Gasteiger partial charge in [-0.1, -0.05) is 6.42 Å². The lowest BCUT2D eigenvalue weighted by atomic mass is 10.00. The Bertz CT molecular complexity index is 275. The molecule has 3 atom stereocenters. The van der Waals surface area contributed by atoms with Crippen molar-refractivity contribution < 1.29 is 13.2 Å². The fraction of sp³-hybridized carbons (Fsp3) is 0.909. The number of hydrogen-bond donors (Lipinski definition) is 1. The molecule has 1 N–H and O–H groups in total. The summed E-state index contributed by atoms with van der Waals surface area (Å²) in [6.45, 7) is 3.60. The van der Waals surface area contributed by atoms with Crippen molar-refractivity contribution in [1.29, 1.82) is 5.26 Å². The van der Waals surface area contributed by atoms with E-state index in [1.165, 1.54) is 6.07 Å². The van der Waals surface area contributed by atoms with E-state index in [-0.39, 0.29) is 18.6 Å². The van der Waals surface area contributed by atoms with E-state index in [9.17, 15) is 13.2 Å². The zero-order valence-electron chi connectivity index (χ0n) is 10.1. The van der Waals surface area contributed by atoms with E-state index in [1.807, 2.05) is 18.9 Å². The third kappa shape index (κ3) is 3.86. The van der Waals surface area contributed by atoms with Crippen LogP contribution in [0.5, 0.6) is 0 Å². The van der Waals surface area contributed by atoms with Crippen LogP contribution in [0.4, 0.5) is 13.2 Å². The maximum absolute atomic E-state index is 12.4. The van der Waals surface area contributed by atoms with Crippen LogP contribution in [-0.2, 0) is 0 Å². The van der Waals surface area contributed by atoms with Gasteiger partial charge in [-0.2, -0.15) is 18.4 Å². The molecule has 0 bridgehead atoms. The summed E-state index contributed by atoms with van der Waals surface area (Å²) in [7, 11) is 0. The minimum Gasteiger partial charge on any atom is -0.253 e. The van der Waals surface area contributed by atoms with Gasteiger partial charge in [-0.25, -0.2) is 5.01 Å². The summed E-state index contributed by atoms with van der Waals surface area (Å²) in [6, 6.07) is 1.73. The molecule has 0 amide bonds. The molecule has 1 aliphatic heterocycles. The highest BCUT2D eigenvalue weighted by Crippen LogP contribution is 2.26. The van der Waals surface area contributed by atoms with Gasteiger partial charge in [-0.3, -0.25) is 5.43 Å². The maximum atomic E-state index is 12.4. The number of hydrazine groups is 1. The summed E-state index contributed by atoms with van der Waals surface area (Å²) in [6.07, 6.45) is -1.41. The normalized spacial score (nSPS) is 28.7. The van der Waals surface area contributed by atoms with Crippen LogP contribution in [0.3, 0.4) is 0 Å². The lowest BCUT2D eigenvalue weighted by Crippen LogP contribution is -2.54. The van der Waals surface area contributed by atoms with E-state index in [2.05, 4.69) is 5.43 Å². The van der Waals surface area contributed by atoms with Gasteiger partial charge in [0.05, 0.1) is 6.07 Å². The number of halogens is 3. The number of nitriles is 1. The molecule has 3 nitrogen and oxygen atoms in total. The van der Waals surface area contributed by atoms with E-state index in [0.29, 0.717) is 0 Å². The molecule has 1 fully saturated rings. The Kier molecular flexibility index (Phi) is 4.78. The highest BCUT2D eigenvalue weighted by atomic mass is 19.4. The SMILES string of the molecule is CC1CCCC(C)N1NCC(C#N)C(F)(F)F. The summed E-state index contributed by atoms with van der Waals surface area (Å²) >= 11 is 0. The minimum atomic E-state index is -4.45. The van der Waals surface area contributed by atoms with Gasteiger partial charge >= 0.3 is 6.18 Å². The Morgan fingerprint density at radius 2 is 1.88 bits per heavy atom. The molecule has 3 unspecified atom stereocenters. The predicted molar refractivity (Wildman–Crippen MR) is 57.8 cm³/mol. The summed E-state index contributed by atoms with van der Waals surface area (Å²) < 4.78 is 37.2. The van der Waals surface area contributed by atoms with Crippen LogP contribution >= 0.6 is 0 Å². The molecular weight excluding hydrogens is 231 g/mol. The van der Waals surface area contributed by atoms with Crippen LogP contribution in [0.25, 0.3) is 0 Å². The van der Waals surface area contributed by atoms with Crippen LogP contribution in [0.1, 0.15) is 33.1 Å². The summed E-state index contributed by atoms with van der Waals surface area (Å²) in [5, 5.41) is 10.3. The molecule has 1 heterocycles. The Morgan fingerprint density at radius 1 is 1.35 bits per heavy atom. The molecule has 17 heavy (non-hydrogen) atoms. The van der Waals surface area contributed by atoms with Gasteiger partial charge in [0, 0.05) is 18.6 Å². The first-order valence-electron chi connectivity index (χ1n) is 5.84. The first-order chi connectivity index (χ1) is 7.86. The van der Waals surface area contributed by atoms with E-state index in [1.54, 1.807) is 0 Å². The van der Waals surface area contributed by atoms with E-state index in [0.717, 1.165) is 19.3 Å². The molecule has 1 saturated heterocycles. The van der Waals surface area contributed by atoms with Crippen molar-refractivity contribution in [3.05, 3.63) is 0 Å². The van der Waals surface area contributed by atoms with E-state index in [4.69, 9.17) is 5.26 Å². The van der Waals surface area contributed by atoms with Crippen LogP contribution in [0.15, 0.2) is 0 Å². The van der Waals surface area contributed by atoms with Crippen molar-refractivity contribution in [1.82, 2.24) is 10.4 Å². The van der Waals surface area contributed by atoms with E-state index >= 15 is 0 Å². The second-order valence-corrected chi connectivity index (χ2v) is 4.62. The molecule has 1 aliphatic rings. The number of alkyl halides is 3. The lowest BCUT2D eigenvalue weighted by Gasteiger charge is -2.39. The Labute approximate surface area is 99.6 Å². The highest BCUT2D eigenvalue weighted by molar-refractivity contribution is 4.90. The van der Waals surface area contributed by atoms with Gasteiger partial charge in [0.15, 0.2) is 5.92 Å². The third-order valence-electron chi connectivity index (χ3n) is 3.22. The van der Waals surface area contributed by atoms with Gasteiger partial charge in [0.1, 0.15) is 0 Å². The van der Waals surface area contributed by atoms with Gasteiger partial charge < -0.3 is 0 Å². The van der Waals surface area contributed by atoms with Crippen molar-refractivity contribution >= 4 is 0 Å². The molecule has 0 radical (unpaired) electrons. The molecule has 6 heteroatoms. The van der Waals surface area contributed by atoms with Gasteiger partial charge in [0.2, 0.25) is 0 Å². The molecule has 98 valence electrons. The van der Waals surface area contributed by atoms with Gasteiger partial charge in [0.25, 0.3) is 0 Å². The van der Waals surface area contributed by atoms with Crippen molar-refractivity contribution in [2.45, 2.75) is 51.4 Å². The van der Waals surface area contributed by atoms with E-state index < -0.39 is 12.1 Å². The average Bonchev–Trinajstić information content (AvgIpc) is 2.20. The highest BCUT2D eigenvalue weighted by Gasteiger charge is 2.40. The number of rotatable bonds is 3. The number of nitrogens with one attached hydrogen (secondary N) is 1. The summed E-state index contributed by atoms with van der Waals surface area (Å²) in [5.74, 6) is -1.94. The minimum absolute atomic E-state index is 0.214. The molecule has 0 spiro atoms.